The number of carbonyl (C=O) groups excluding carboxylic acids is 1. The largest absolute Gasteiger partial charge is 1.00 e. The van der Waals surface area contributed by atoms with Gasteiger partial charge in [0.2, 0.25) is 5.91 Å². The molecule has 230 valence electrons. The number of amides is 1. The number of para-hydroxylation sites is 2. The van der Waals surface area contributed by atoms with Gasteiger partial charge in [0.05, 0.1) is 6.10 Å². The van der Waals surface area contributed by atoms with Gasteiger partial charge in [-0.1, -0.05) is 101 Å². The normalized spacial score (nSPS) is 17.3. The summed E-state index contributed by atoms with van der Waals surface area (Å²) in [5.41, 5.74) is 4.52. The third kappa shape index (κ3) is 9.29. The molecule has 0 saturated heterocycles. The summed E-state index contributed by atoms with van der Waals surface area (Å²) in [6.45, 7) is 6.34. The maximum atomic E-state index is 13.7. The van der Waals surface area contributed by atoms with Gasteiger partial charge >= 0.3 is 29.6 Å². The van der Waals surface area contributed by atoms with E-state index in [1.807, 2.05) is 66.7 Å². The number of hydrogen-bond donors (Lipinski definition) is 2. The topological polar surface area (TPSA) is 108 Å². The monoisotopic (exact) mass is 627 g/mol. The fourth-order valence-electron chi connectivity index (χ4n) is 6.64. The number of fused-ring (bicyclic) bond motifs is 2. The van der Waals surface area contributed by atoms with Crippen LogP contribution in [0.3, 0.4) is 0 Å². The second-order valence-corrected chi connectivity index (χ2v) is 14.2. The van der Waals surface area contributed by atoms with Crippen molar-refractivity contribution in [3.8, 4) is 11.5 Å². The van der Waals surface area contributed by atoms with Crippen molar-refractivity contribution >= 4 is 19.4 Å². The molecule has 0 spiro atoms. The number of hydrogen-bond acceptors (Lipinski definition) is 5. The van der Waals surface area contributed by atoms with E-state index < -0.39 is 13.9 Å². The van der Waals surface area contributed by atoms with Crippen molar-refractivity contribution in [1.82, 2.24) is 0 Å². The smallest absolute Gasteiger partial charge is 0.756 e. The Morgan fingerprint density at radius 1 is 1.02 bits per heavy atom. The van der Waals surface area contributed by atoms with Crippen LogP contribution in [0.5, 0.6) is 11.5 Å². The van der Waals surface area contributed by atoms with Crippen molar-refractivity contribution < 1.29 is 58.0 Å². The number of phosphoric acid groups is 1. The predicted octanol–water partition coefficient (Wildman–Crippen LogP) is 5.00. The molecule has 0 aromatic heterocycles. The fourth-order valence-corrected chi connectivity index (χ4v) is 7.21. The minimum Gasteiger partial charge on any atom is -0.756 e. The van der Waals surface area contributed by atoms with Gasteiger partial charge in [-0.3, -0.25) is 9.36 Å². The van der Waals surface area contributed by atoms with Gasteiger partial charge in [0, 0.05) is 29.2 Å². The number of aryl methyl sites for hydroxylation is 1. The molecule has 2 N–H and O–H groups in total. The Hall–Kier alpha value is -1.96. The average molecular weight is 628 g/mol. The Balaban J connectivity index is 0.00000442. The first-order valence-electron chi connectivity index (χ1n) is 15.5. The molecule has 1 fully saturated rings. The number of benzene rings is 3. The zero-order valence-corrected chi connectivity index (χ0v) is 29.3. The van der Waals surface area contributed by atoms with Crippen LogP contribution >= 0.6 is 7.82 Å². The molecule has 3 aromatic carbocycles. The van der Waals surface area contributed by atoms with Crippen molar-refractivity contribution in [3.63, 3.8) is 0 Å². The molecule has 1 heterocycles. The van der Waals surface area contributed by atoms with E-state index >= 15 is 0 Å². The minimum absolute atomic E-state index is 0. The molecule has 1 saturated carbocycles. The Labute approximate surface area is 283 Å². The molecule has 1 unspecified atom stereocenters. The van der Waals surface area contributed by atoms with Gasteiger partial charge < -0.3 is 24.4 Å². The van der Waals surface area contributed by atoms with Crippen LogP contribution in [-0.2, 0) is 25.7 Å². The number of carbonyl (C=O) groups is 1. The first-order valence-corrected chi connectivity index (χ1v) is 17.0. The Bertz CT molecular complexity index is 1430. The fraction of sp³-hybridized carbons (Fsp3) is 0.457. The van der Waals surface area contributed by atoms with Gasteiger partial charge in [-0.15, -0.1) is 0 Å². The molecular formula is C35H43NNaO6P. The van der Waals surface area contributed by atoms with E-state index in [0.29, 0.717) is 25.2 Å². The van der Waals surface area contributed by atoms with E-state index in [1.54, 1.807) is 0 Å². The Kier molecular flexibility index (Phi) is 12.0. The van der Waals surface area contributed by atoms with Crippen LogP contribution in [0.4, 0.5) is 5.69 Å². The standard InChI is InChI=1S/C35H44NO6P.Na/c1-35(2,3)30-20-18-25(17-19-26(42-43(38,39)40)21-24-11-5-4-6-12-24)22-31(30)36-34(37)23-29-27-13-7-9-15-32(27)41-33-16-10-8-14-28(29)33;/h7-10,13-16,18,20,22,24,26,29H,4-6,11-12,17,19,21,23H2,1-3H3,(H,36,37)(H2,38,39,40);/q;+1/p-1/t26-;/m0./s1. The predicted molar refractivity (Wildman–Crippen MR) is 167 cm³/mol. The van der Waals surface area contributed by atoms with Gasteiger partial charge in [-0.2, -0.15) is 0 Å². The maximum absolute atomic E-state index is 13.7. The first kappa shape index (κ1) is 34.9. The summed E-state index contributed by atoms with van der Waals surface area (Å²) in [4.78, 5) is 34.8. The summed E-state index contributed by atoms with van der Waals surface area (Å²) >= 11 is 0. The van der Waals surface area contributed by atoms with Crippen LogP contribution in [0.2, 0.25) is 0 Å². The first-order chi connectivity index (χ1) is 20.5. The van der Waals surface area contributed by atoms with Crippen molar-refractivity contribution in [2.24, 2.45) is 5.92 Å². The Morgan fingerprint density at radius 2 is 1.64 bits per heavy atom. The number of ether oxygens (including phenoxy) is 1. The van der Waals surface area contributed by atoms with E-state index in [1.165, 1.54) is 6.42 Å². The summed E-state index contributed by atoms with van der Waals surface area (Å²) in [6, 6.07) is 21.8. The molecule has 9 heteroatoms. The zero-order valence-electron chi connectivity index (χ0n) is 26.4. The maximum Gasteiger partial charge on any atom is 1.00 e. The van der Waals surface area contributed by atoms with Crippen molar-refractivity contribution in [3.05, 3.63) is 89.0 Å². The van der Waals surface area contributed by atoms with Crippen molar-refractivity contribution in [2.75, 3.05) is 5.32 Å². The van der Waals surface area contributed by atoms with Crippen LogP contribution in [0.25, 0.3) is 0 Å². The molecule has 3 aromatic rings. The van der Waals surface area contributed by atoms with E-state index in [9.17, 15) is 19.1 Å². The molecule has 7 nitrogen and oxygen atoms in total. The molecule has 1 aliphatic carbocycles. The third-order valence-electron chi connectivity index (χ3n) is 8.72. The minimum atomic E-state index is -4.85. The van der Waals surface area contributed by atoms with Gasteiger partial charge in [-0.05, 0) is 59.9 Å². The molecule has 0 radical (unpaired) electrons. The molecule has 5 rings (SSSR count). The van der Waals surface area contributed by atoms with Gasteiger partial charge in [0.15, 0.2) is 0 Å². The van der Waals surface area contributed by atoms with Crippen LogP contribution in [0.1, 0.15) is 100 Å². The molecule has 44 heavy (non-hydrogen) atoms. The van der Waals surface area contributed by atoms with E-state index in [-0.39, 0.29) is 53.2 Å². The van der Waals surface area contributed by atoms with Crippen LogP contribution in [-0.4, -0.2) is 16.9 Å². The SMILES string of the molecule is CC(C)(C)c1ccc(CC[C@@H](CC2CCCCC2)OP(=O)([O-])O)cc1NC(=O)CC1c2ccccc2Oc2ccccc21.[Na+]. The molecule has 2 atom stereocenters. The number of anilines is 1. The average Bonchev–Trinajstić information content (AvgIpc) is 2.95. The van der Waals surface area contributed by atoms with E-state index in [4.69, 9.17) is 9.26 Å². The number of phosphoric ester groups is 1. The summed E-state index contributed by atoms with van der Waals surface area (Å²) in [5.74, 6) is 1.72. The van der Waals surface area contributed by atoms with Crippen molar-refractivity contribution in [1.29, 1.82) is 0 Å². The van der Waals surface area contributed by atoms with Crippen LogP contribution in [0, 0.1) is 5.92 Å². The quantitative estimate of drug-likeness (QED) is 0.242. The third-order valence-corrected chi connectivity index (χ3v) is 9.29. The zero-order chi connectivity index (χ0) is 30.6. The molecule has 1 amide bonds. The van der Waals surface area contributed by atoms with Gasteiger partial charge in [0.25, 0.3) is 7.82 Å². The molecule has 0 bridgehead atoms. The molecular weight excluding hydrogens is 584 g/mol. The molecule has 2 aliphatic rings. The molecule has 1 aliphatic heterocycles. The summed E-state index contributed by atoms with van der Waals surface area (Å²) in [7, 11) is -4.85. The van der Waals surface area contributed by atoms with Gasteiger partial charge in [0.1, 0.15) is 11.5 Å². The summed E-state index contributed by atoms with van der Waals surface area (Å²) in [6.07, 6.45) is 6.95. The van der Waals surface area contributed by atoms with Crippen LogP contribution < -0.4 is 44.5 Å². The summed E-state index contributed by atoms with van der Waals surface area (Å²) in [5, 5.41) is 3.21. The van der Waals surface area contributed by atoms with Crippen molar-refractivity contribution in [2.45, 2.75) is 96.0 Å². The number of rotatable bonds is 10. The summed E-state index contributed by atoms with van der Waals surface area (Å²) < 4.78 is 22.9. The Morgan fingerprint density at radius 3 is 2.23 bits per heavy atom. The van der Waals surface area contributed by atoms with E-state index in [2.05, 4.69) is 26.1 Å². The second kappa shape index (κ2) is 15.1. The van der Waals surface area contributed by atoms with Gasteiger partial charge in [-0.25, -0.2) is 0 Å². The van der Waals surface area contributed by atoms with E-state index in [0.717, 1.165) is 65.1 Å². The number of nitrogens with one attached hydrogen (secondary N) is 1. The van der Waals surface area contributed by atoms with Crippen LogP contribution in [0.15, 0.2) is 66.7 Å². The second-order valence-electron chi connectivity index (χ2n) is 13.1.